The van der Waals surface area contributed by atoms with E-state index in [1.807, 2.05) is 0 Å². The van der Waals surface area contributed by atoms with Crippen molar-refractivity contribution >= 4 is 39.4 Å². The van der Waals surface area contributed by atoms with E-state index in [1.54, 1.807) is 24.3 Å². The first-order chi connectivity index (χ1) is 19.1. The van der Waals surface area contributed by atoms with E-state index in [-0.39, 0.29) is 72.8 Å². The van der Waals surface area contributed by atoms with E-state index in [2.05, 4.69) is 20.3 Å². The molecular weight excluding hydrogens is 523 g/mol. The molecule has 0 radical (unpaired) electrons. The fraction of sp³-hybridized carbons (Fsp3) is 0.333. The Bertz CT molecular complexity index is 1650. The Morgan fingerprint density at radius 2 is 1.93 bits per heavy atom. The van der Waals surface area contributed by atoms with Crippen molar-refractivity contribution in [3.63, 3.8) is 0 Å². The second kappa shape index (κ2) is 11.0. The molecule has 0 spiro atoms. The lowest BCUT2D eigenvalue weighted by Gasteiger charge is -2.36. The third kappa shape index (κ3) is 5.52. The average Bonchev–Trinajstić information content (AvgIpc) is 3.29. The Morgan fingerprint density at radius 1 is 1.15 bits per heavy atom. The maximum absolute atomic E-state index is 14.4. The number of nitrogens with one attached hydrogen (secondary N) is 3. The summed E-state index contributed by atoms with van der Waals surface area (Å²) in [4.78, 5) is 48.8. The van der Waals surface area contributed by atoms with Gasteiger partial charge in [0.25, 0.3) is 11.5 Å². The molecule has 1 fully saturated rings. The third-order valence-corrected chi connectivity index (χ3v) is 6.94. The lowest BCUT2D eigenvalue weighted by atomic mass is 10.0. The number of aliphatic hydroxyl groups excluding tert-OH is 3. The molecule has 12 nitrogen and oxygen atoms in total. The number of rotatable bonds is 9. The molecule has 4 aromatic rings. The number of hydrogen-bond acceptors (Lipinski definition) is 8. The van der Waals surface area contributed by atoms with Gasteiger partial charge in [-0.3, -0.25) is 14.4 Å². The Kier molecular flexibility index (Phi) is 7.52. The predicted octanol–water partition coefficient (Wildman–Crippen LogP) is 0.618. The number of anilines is 1. The van der Waals surface area contributed by atoms with Crippen LogP contribution in [0.2, 0.25) is 0 Å². The Hall–Kier alpha value is -4.33. The van der Waals surface area contributed by atoms with E-state index in [9.17, 15) is 34.1 Å². The number of benzene rings is 2. The van der Waals surface area contributed by atoms with E-state index >= 15 is 0 Å². The zero-order chi connectivity index (χ0) is 28.6. The van der Waals surface area contributed by atoms with Gasteiger partial charge in [-0.25, -0.2) is 9.37 Å². The number of fused-ring (bicyclic) bond motifs is 2. The van der Waals surface area contributed by atoms with Gasteiger partial charge in [-0.05, 0) is 43.2 Å². The van der Waals surface area contributed by atoms with Crippen molar-refractivity contribution in [2.24, 2.45) is 0 Å². The van der Waals surface area contributed by atoms with Crippen molar-refractivity contribution in [2.45, 2.75) is 37.6 Å². The highest BCUT2D eigenvalue weighted by molar-refractivity contribution is 6.00. The number of H-pyrrole nitrogens is 2. The van der Waals surface area contributed by atoms with Gasteiger partial charge in [0.15, 0.2) is 0 Å². The topological polar surface area (TPSA) is 198 Å². The second-order valence-corrected chi connectivity index (χ2v) is 9.97. The van der Waals surface area contributed by atoms with Crippen LogP contribution in [0.1, 0.15) is 29.6 Å². The number of β-amino-alcohol motifs (C(OH)–C–C–N with tert-alkyl or cyclic N) is 1. The molecular formula is C27H29FN6O6. The number of pyridine rings is 1. The monoisotopic (exact) mass is 552 g/mol. The largest absolute Gasteiger partial charge is 0.397 e. The number of nitrogen functional groups attached to an aromatic ring is 1. The molecule has 2 aromatic heterocycles. The SMILES string of the molecule is Nc1c(-c2nc3ccc(C(=O)NCC[C@@H](O)C[C@@H](O)CC(=O)N4CC(O)C4)cc3[nH]2)c(=O)[nH]c2cccc(F)c12. The fourth-order valence-electron chi connectivity index (χ4n) is 4.80. The molecule has 3 heterocycles. The Labute approximate surface area is 226 Å². The molecule has 210 valence electrons. The first-order valence-electron chi connectivity index (χ1n) is 12.8. The van der Waals surface area contributed by atoms with Crippen LogP contribution in [-0.2, 0) is 4.79 Å². The number of carbonyl (C=O) groups excluding carboxylic acids is 2. The smallest absolute Gasteiger partial charge is 0.261 e. The van der Waals surface area contributed by atoms with Gasteiger partial charge in [0.05, 0.1) is 52.4 Å². The molecule has 2 amide bonds. The van der Waals surface area contributed by atoms with Crippen LogP contribution in [0.25, 0.3) is 33.3 Å². The number of likely N-dealkylation sites (tertiary alicyclic amines) is 1. The number of nitrogens with two attached hydrogens (primary N) is 1. The summed E-state index contributed by atoms with van der Waals surface area (Å²) < 4.78 is 14.4. The molecule has 2 atom stereocenters. The molecule has 1 aliphatic rings. The highest BCUT2D eigenvalue weighted by atomic mass is 19.1. The molecule has 2 aromatic carbocycles. The van der Waals surface area contributed by atoms with Gasteiger partial charge in [-0.2, -0.15) is 0 Å². The second-order valence-electron chi connectivity index (χ2n) is 9.97. The van der Waals surface area contributed by atoms with Gasteiger partial charge in [-0.15, -0.1) is 0 Å². The summed E-state index contributed by atoms with van der Waals surface area (Å²) in [5.74, 6) is -1.15. The molecule has 40 heavy (non-hydrogen) atoms. The zero-order valence-electron chi connectivity index (χ0n) is 21.4. The van der Waals surface area contributed by atoms with Crippen molar-refractivity contribution in [3.05, 3.63) is 58.1 Å². The average molecular weight is 553 g/mol. The summed E-state index contributed by atoms with van der Waals surface area (Å²) in [7, 11) is 0. The lowest BCUT2D eigenvalue weighted by molar-refractivity contribution is -0.143. The number of halogens is 1. The molecule has 1 saturated heterocycles. The highest BCUT2D eigenvalue weighted by Crippen LogP contribution is 2.30. The van der Waals surface area contributed by atoms with Gasteiger partial charge in [0.1, 0.15) is 17.2 Å². The molecule has 0 unspecified atom stereocenters. The Balaban J connectivity index is 1.20. The van der Waals surface area contributed by atoms with Crippen LogP contribution in [0, 0.1) is 5.82 Å². The maximum Gasteiger partial charge on any atom is 0.261 e. The number of amides is 2. The van der Waals surface area contributed by atoms with Crippen LogP contribution in [-0.4, -0.2) is 84.9 Å². The van der Waals surface area contributed by atoms with Gasteiger partial charge < -0.3 is 41.2 Å². The van der Waals surface area contributed by atoms with Gasteiger partial charge in [0.2, 0.25) is 5.91 Å². The van der Waals surface area contributed by atoms with E-state index in [0.29, 0.717) is 16.6 Å². The highest BCUT2D eigenvalue weighted by Gasteiger charge is 2.30. The number of imidazole rings is 1. The van der Waals surface area contributed by atoms with Crippen molar-refractivity contribution in [3.8, 4) is 11.4 Å². The first-order valence-corrected chi connectivity index (χ1v) is 12.8. The van der Waals surface area contributed by atoms with Crippen LogP contribution in [0.3, 0.4) is 0 Å². The Morgan fingerprint density at radius 3 is 2.67 bits per heavy atom. The fourth-order valence-corrected chi connectivity index (χ4v) is 4.80. The number of aliphatic hydroxyl groups is 3. The molecule has 0 saturated carbocycles. The maximum atomic E-state index is 14.4. The van der Waals surface area contributed by atoms with Gasteiger partial charge in [-0.1, -0.05) is 6.07 Å². The number of aromatic nitrogens is 3. The molecule has 13 heteroatoms. The number of carbonyl (C=O) groups is 2. The number of aromatic amines is 2. The zero-order valence-corrected chi connectivity index (χ0v) is 21.4. The molecule has 5 rings (SSSR count). The van der Waals surface area contributed by atoms with E-state index in [4.69, 9.17) is 5.73 Å². The number of hydrogen-bond donors (Lipinski definition) is 7. The van der Waals surface area contributed by atoms with Crippen molar-refractivity contribution < 1.29 is 29.3 Å². The van der Waals surface area contributed by atoms with E-state index in [1.165, 1.54) is 17.0 Å². The minimum atomic E-state index is -1.03. The van der Waals surface area contributed by atoms with Crippen LogP contribution in [0.5, 0.6) is 0 Å². The summed E-state index contributed by atoms with van der Waals surface area (Å²) in [5.41, 5.74) is 7.04. The summed E-state index contributed by atoms with van der Waals surface area (Å²) >= 11 is 0. The van der Waals surface area contributed by atoms with E-state index in [0.717, 1.165) is 0 Å². The summed E-state index contributed by atoms with van der Waals surface area (Å²) in [5, 5.41) is 32.3. The molecule has 0 aliphatic carbocycles. The van der Waals surface area contributed by atoms with Gasteiger partial charge in [0, 0.05) is 25.2 Å². The van der Waals surface area contributed by atoms with Crippen molar-refractivity contribution in [1.82, 2.24) is 25.2 Å². The minimum absolute atomic E-state index is 0.0138. The summed E-state index contributed by atoms with van der Waals surface area (Å²) in [6.45, 7) is 0.628. The van der Waals surface area contributed by atoms with Gasteiger partial charge >= 0.3 is 0 Å². The standard InChI is InChI=1S/C27H29FN6O6/c28-17-2-1-3-19-22(17)24(29)23(27(40)33-19)25-31-18-5-4-13(8-20(18)32-25)26(39)30-7-6-14(35)9-15(36)10-21(38)34-11-16(37)12-34/h1-5,8,14-16,35-37H,6-7,9-12H2,(H,30,39)(H,31,32)(H3,29,33,40)/t14-,15-/m1/s1. The lowest BCUT2D eigenvalue weighted by Crippen LogP contribution is -2.54. The summed E-state index contributed by atoms with van der Waals surface area (Å²) in [6.07, 6.45) is -2.50. The van der Waals surface area contributed by atoms with Crippen LogP contribution < -0.4 is 16.6 Å². The quantitative estimate of drug-likeness (QED) is 0.157. The van der Waals surface area contributed by atoms with Crippen LogP contribution >= 0.6 is 0 Å². The first kappa shape index (κ1) is 27.2. The summed E-state index contributed by atoms with van der Waals surface area (Å²) in [6, 6.07) is 8.95. The van der Waals surface area contributed by atoms with Crippen molar-refractivity contribution in [2.75, 3.05) is 25.4 Å². The van der Waals surface area contributed by atoms with Crippen molar-refractivity contribution in [1.29, 1.82) is 0 Å². The normalized spacial score (nSPS) is 15.2. The molecule has 0 bridgehead atoms. The number of nitrogens with zero attached hydrogens (tertiary/aromatic N) is 2. The van der Waals surface area contributed by atoms with E-state index < -0.39 is 35.6 Å². The third-order valence-electron chi connectivity index (χ3n) is 6.94. The predicted molar refractivity (Wildman–Crippen MR) is 145 cm³/mol. The molecule has 1 aliphatic heterocycles. The minimum Gasteiger partial charge on any atom is -0.397 e. The van der Waals surface area contributed by atoms with Crippen LogP contribution in [0.15, 0.2) is 41.2 Å². The molecule has 8 N–H and O–H groups in total. The van der Waals surface area contributed by atoms with Crippen LogP contribution in [0.4, 0.5) is 10.1 Å².